The molecule has 1 aromatic heterocycles. The number of nitrogens with zero attached hydrogens (tertiary/aromatic N) is 2. The lowest BCUT2D eigenvalue weighted by Gasteiger charge is -1.96. The van der Waals surface area contributed by atoms with Crippen LogP contribution in [0.2, 0.25) is 5.15 Å². The predicted octanol–water partition coefficient (Wildman–Crippen LogP) is 1.57. The van der Waals surface area contributed by atoms with Crippen LogP contribution in [0.5, 0.6) is 0 Å². The molecular formula is C5H2Cl2N2O4S. The number of nitro groups is 1. The highest BCUT2D eigenvalue weighted by atomic mass is 35.7. The maximum Gasteiger partial charge on any atom is 0.307 e. The molecule has 0 bridgehead atoms. The van der Waals surface area contributed by atoms with Crippen molar-refractivity contribution in [3.05, 3.63) is 27.5 Å². The summed E-state index contributed by atoms with van der Waals surface area (Å²) in [6, 6.07) is 0.748. The summed E-state index contributed by atoms with van der Waals surface area (Å²) in [7, 11) is 0.925. The third-order valence-corrected chi connectivity index (χ3v) is 2.89. The molecule has 1 heterocycles. The smallest absolute Gasteiger partial charge is 0.258 e. The van der Waals surface area contributed by atoms with E-state index in [1.807, 2.05) is 0 Å². The summed E-state index contributed by atoms with van der Waals surface area (Å²) in [5.41, 5.74) is -0.603. The summed E-state index contributed by atoms with van der Waals surface area (Å²) in [6.07, 6.45) is 0.845. The Balaban J connectivity index is 3.42. The van der Waals surface area contributed by atoms with E-state index in [-0.39, 0.29) is 5.15 Å². The molecule has 1 aromatic rings. The molecule has 0 aliphatic carbocycles. The van der Waals surface area contributed by atoms with Crippen LogP contribution in [0.4, 0.5) is 5.69 Å². The van der Waals surface area contributed by atoms with Crippen LogP contribution in [0.25, 0.3) is 0 Å². The Morgan fingerprint density at radius 3 is 2.50 bits per heavy atom. The van der Waals surface area contributed by atoms with Crippen LogP contribution in [0, 0.1) is 10.1 Å². The van der Waals surface area contributed by atoms with Gasteiger partial charge >= 0.3 is 5.69 Å². The van der Waals surface area contributed by atoms with Crippen LogP contribution in [0.15, 0.2) is 17.2 Å². The van der Waals surface area contributed by atoms with Gasteiger partial charge in [0.2, 0.25) is 5.15 Å². The molecule has 9 heteroatoms. The standard InChI is InChI=1S/C5H2Cl2N2O4S/c6-5-4(9(10)11)1-3(2-8-5)14(7,12)13/h1-2H. The summed E-state index contributed by atoms with van der Waals surface area (Å²) in [5, 5.41) is 9.95. The maximum absolute atomic E-state index is 10.8. The van der Waals surface area contributed by atoms with Gasteiger partial charge in [-0.05, 0) is 0 Å². The molecule has 0 aliphatic heterocycles. The van der Waals surface area contributed by atoms with E-state index in [1.165, 1.54) is 0 Å². The van der Waals surface area contributed by atoms with Crippen molar-refractivity contribution in [3.8, 4) is 0 Å². The number of pyridine rings is 1. The third-order valence-electron chi connectivity index (χ3n) is 1.27. The maximum atomic E-state index is 10.8. The Labute approximate surface area is 88.0 Å². The SMILES string of the molecule is O=[N+]([O-])c1cc(S(=O)(=O)Cl)cnc1Cl. The fourth-order valence-corrected chi connectivity index (χ4v) is 1.54. The van der Waals surface area contributed by atoms with Crippen molar-refractivity contribution >= 4 is 37.0 Å². The molecule has 0 saturated carbocycles. The first kappa shape index (κ1) is 11.2. The van der Waals surface area contributed by atoms with E-state index in [2.05, 4.69) is 4.98 Å². The van der Waals surface area contributed by atoms with Gasteiger partial charge in [0.05, 0.1) is 4.92 Å². The van der Waals surface area contributed by atoms with Gasteiger partial charge in [0.25, 0.3) is 9.05 Å². The Morgan fingerprint density at radius 1 is 1.50 bits per heavy atom. The molecule has 0 amide bonds. The summed E-state index contributed by atoms with van der Waals surface area (Å²) in [4.78, 5) is 12.4. The Morgan fingerprint density at radius 2 is 2.07 bits per heavy atom. The van der Waals surface area contributed by atoms with E-state index in [1.54, 1.807) is 0 Å². The van der Waals surface area contributed by atoms with Crippen LogP contribution in [0.3, 0.4) is 0 Å². The van der Waals surface area contributed by atoms with Crippen molar-refractivity contribution in [1.82, 2.24) is 4.98 Å². The molecule has 0 N–H and O–H groups in total. The predicted molar refractivity (Wildman–Crippen MR) is 48.9 cm³/mol. The molecule has 6 nitrogen and oxygen atoms in total. The first-order valence-electron chi connectivity index (χ1n) is 3.07. The van der Waals surface area contributed by atoms with Gasteiger partial charge in [-0.1, -0.05) is 11.6 Å². The zero-order valence-electron chi connectivity index (χ0n) is 6.35. The molecular weight excluding hydrogens is 255 g/mol. The molecule has 1 rings (SSSR count). The van der Waals surface area contributed by atoms with Gasteiger partial charge in [-0.2, -0.15) is 0 Å². The van der Waals surface area contributed by atoms with Crippen LogP contribution in [0.1, 0.15) is 0 Å². The average Bonchev–Trinajstić information content (AvgIpc) is 2.02. The molecule has 76 valence electrons. The molecule has 0 atom stereocenters. The fourth-order valence-electron chi connectivity index (χ4n) is 0.679. The van der Waals surface area contributed by atoms with Crippen molar-refractivity contribution in [2.45, 2.75) is 4.90 Å². The quantitative estimate of drug-likeness (QED) is 0.347. The third kappa shape index (κ3) is 2.31. The van der Waals surface area contributed by atoms with E-state index in [0.717, 1.165) is 12.3 Å². The molecule has 0 aromatic carbocycles. The van der Waals surface area contributed by atoms with Crippen LogP contribution in [-0.4, -0.2) is 18.3 Å². The van der Waals surface area contributed by atoms with Gasteiger partial charge in [0, 0.05) is 22.9 Å². The molecule has 14 heavy (non-hydrogen) atoms. The Hall–Kier alpha value is -0.920. The highest BCUT2D eigenvalue weighted by molar-refractivity contribution is 8.13. The van der Waals surface area contributed by atoms with Crippen molar-refractivity contribution < 1.29 is 13.3 Å². The Bertz CT molecular complexity index is 487. The van der Waals surface area contributed by atoms with Crippen molar-refractivity contribution in [3.63, 3.8) is 0 Å². The topological polar surface area (TPSA) is 90.2 Å². The fraction of sp³-hybridized carbons (Fsp3) is 0. The van der Waals surface area contributed by atoms with Gasteiger partial charge in [0.15, 0.2) is 0 Å². The zero-order chi connectivity index (χ0) is 10.9. The number of halogens is 2. The minimum absolute atomic E-state index is 0.390. The van der Waals surface area contributed by atoms with Crippen molar-refractivity contribution in [1.29, 1.82) is 0 Å². The molecule has 0 aliphatic rings. The molecule has 0 saturated heterocycles. The highest BCUT2D eigenvalue weighted by Gasteiger charge is 2.19. The van der Waals surface area contributed by atoms with Crippen molar-refractivity contribution in [2.75, 3.05) is 0 Å². The average molecular weight is 257 g/mol. The normalized spacial score (nSPS) is 11.3. The first-order valence-corrected chi connectivity index (χ1v) is 5.75. The summed E-state index contributed by atoms with van der Waals surface area (Å²) >= 11 is 5.35. The van der Waals surface area contributed by atoms with Gasteiger partial charge in [-0.15, -0.1) is 0 Å². The first-order chi connectivity index (χ1) is 6.32. The lowest BCUT2D eigenvalue weighted by molar-refractivity contribution is -0.385. The van der Waals surface area contributed by atoms with E-state index < -0.39 is 24.6 Å². The second-order valence-electron chi connectivity index (χ2n) is 2.18. The lowest BCUT2D eigenvalue weighted by atomic mass is 10.4. The summed E-state index contributed by atoms with van der Waals surface area (Å²) in [5.74, 6) is 0. The summed E-state index contributed by atoms with van der Waals surface area (Å²) < 4.78 is 21.6. The van der Waals surface area contributed by atoms with Gasteiger partial charge in [0.1, 0.15) is 4.90 Å². The summed E-state index contributed by atoms with van der Waals surface area (Å²) in [6.45, 7) is 0. The monoisotopic (exact) mass is 256 g/mol. The molecule has 0 unspecified atom stereocenters. The van der Waals surface area contributed by atoms with Gasteiger partial charge < -0.3 is 0 Å². The largest absolute Gasteiger partial charge is 0.307 e. The minimum atomic E-state index is -4.03. The van der Waals surface area contributed by atoms with Crippen LogP contribution >= 0.6 is 22.3 Å². The van der Waals surface area contributed by atoms with Gasteiger partial charge in [-0.25, -0.2) is 13.4 Å². The second-order valence-corrected chi connectivity index (χ2v) is 5.10. The number of rotatable bonds is 2. The number of aromatic nitrogens is 1. The van der Waals surface area contributed by atoms with Crippen LogP contribution < -0.4 is 0 Å². The second kappa shape index (κ2) is 3.68. The number of hydrogen-bond acceptors (Lipinski definition) is 5. The van der Waals surface area contributed by atoms with E-state index in [4.69, 9.17) is 22.3 Å². The van der Waals surface area contributed by atoms with Crippen molar-refractivity contribution in [2.24, 2.45) is 0 Å². The number of hydrogen-bond donors (Lipinski definition) is 0. The minimum Gasteiger partial charge on any atom is -0.258 e. The zero-order valence-corrected chi connectivity index (χ0v) is 8.67. The molecule has 0 fully saturated rings. The molecule has 0 radical (unpaired) electrons. The lowest BCUT2D eigenvalue weighted by Crippen LogP contribution is -1.96. The van der Waals surface area contributed by atoms with Gasteiger partial charge in [-0.3, -0.25) is 10.1 Å². The Kier molecular flexibility index (Phi) is 2.93. The molecule has 0 spiro atoms. The van der Waals surface area contributed by atoms with E-state index in [9.17, 15) is 18.5 Å². The van der Waals surface area contributed by atoms with E-state index in [0.29, 0.717) is 0 Å². The van der Waals surface area contributed by atoms with Crippen LogP contribution in [-0.2, 0) is 9.05 Å². The van der Waals surface area contributed by atoms with E-state index >= 15 is 0 Å². The highest BCUT2D eigenvalue weighted by Crippen LogP contribution is 2.25.